The highest BCUT2D eigenvalue weighted by Gasteiger charge is 2.16. The first-order chi connectivity index (χ1) is 9.04. The van der Waals surface area contributed by atoms with Crippen LogP contribution in [0.25, 0.3) is 5.69 Å². The van der Waals surface area contributed by atoms with E-state index in [1.807, 2.05) is 0 Å². The SMILES string of the molecule is COc1cccc(-n2ccc(C(N)=O)n2)c1C(C)=O. The Morgan fingerprint density at radius 3 is 2.58 bits per heavy atom. The molecule has 2 aromatic rings. The van der Waals surface area contributed by atoms with Gasteiger partial charge >= 0.3 is 0 Å². The first-order valence-corrected chi connectivity index (χ1v) is 5.58. The van der Waals surface area contributed by atoms with E-state index in [4.69, 9.17) is 10.5 Å². The molecule has 0 spiro atoms. The maximum atomic E-state index is 11.7. The highest BCUT2D eigenvalue weighted by Crippen LogP contribution is 2.25. The number of carbonyl (C=O) groups excluding carboxylic acids is 2. The predicted molar refractivity (Wildman–Crippen MR) is 68.6 cm³/mol. The molecule has 6 heteroatoms. The maximum Gasteiger partial charge on any atom is 0.269 e. The van der Waals surface area contributed by atoms with Crippen LogP contribution in [0.4, 0.5) is 0 Å². The van der Waals surface area contributed by atoms with Gasteiger partial charge in [0.1, 0.15) is 11.4 Å². The summed E-state index contributed by atoms with van der Waals surface area (Å²) in [5.74, 6) is -0.310. The summed E-state index contributed by atoms with van der Waals surface area (Å²) in [7, 11) is 1.49. The molecule has 1 aromatic heterocycles. The number of aromatic nitrogens is 2. The van der Waals surface area contributed by atoms with Crippen LogP contribution in [0, 0.1) is 0 Å². The Morgan fingerprint density at radius 2 is 2.05 bits per heavy atom. The summed E-state index contributed by atoms with van der Waals surface area (Å²) in [5, 5.41) is 4.03. The van der Waals surface area contributed by atoms with Crippen LogP contribution in [-0.4, -0.2) is 28.6 Å². The van der Waals surface area contributed by atoms with E-state index >= 15 is 0 Å². The Bertz CT molecular complexity index is 646. The summed E-state index contributed by atoms with van der Waals surface area (Å²) >= 11 is 0. The Hall–Kier alpha value is -2.63. The van der Waals surface area contributed by atoms with Gasteiger partial charge in [0.2, 0.25) is 0 Å². The number of rotatable bonds is 4. The van der Waals surface area contributed by atoms with Gasteiger partial charge in [-0.15, -0.1) is 0 Å². The van der Waals surface area contributed by atoms with Crippen molar-refractivity contribution in [2.75, 3.05) is 7.11 Å². The number of nitrogens with zero attached hydrogens (tertiary/aromatic N) is 2. The quantitative estimate of drug-likeness (QED) is 0.835. The molecule has 6 nitrogen and oxygen atoms in total. The second-order valence-corrected chi connectivity index (χ2v) is 3.92. The second-order valence-electron chi connectivity index (χ2n) is 3.92. The van der Waals surface area contributed by atoms with Crippen LogP contribution in [0.3, 0.4) is 0 Å². The molecule has 1 aromatic carbocycles. The molecule has 0 unspecified atom stereocenters. The Morgan fingerprint density at radius 1 is 1.32 bits per heavy atom. The Kier molecular flexibility index (Phi) is 3.33. The smallest absolute Gasteiger partial charge is 0.269 e. The lowest BCUT2D eigenvalue weighted by atomic mass is 10.1. The van der Waals surface area contributed by atoms with E-state index in [1.54, 1.807) is 24.4 Å². The van der Waals surface area contributed by atoms with E-state index in [2.05, 4.69) is 5.10 Å². The van der Waals surface area contributed by atoms with E-state index in [-0.39, 0.29) is 11.5 Å². The molecular weight excluding hydrogens is 246 g/mol. The largest absolute Gasteiger partial charge is 0.496 e. The average molecular weight is 259 g/mol. The fourth-order valence-electron chi connectivity index (χ4n) is 1.82. The topological polar surface area (TPSA) is 87.2 Å². The summed E-state index contributed by atoms with van der Waals surface area (Å²) < 4.78 is 6.60. The van der Waals surface area contributed by atoms with Gasteiger partial charge < -0.3 is 10.5 Å². The Labute approximate surface area is 109 Å². The van der Waals surface area contributed by atoms with Gasteiger partial charge in [0, 0.05) is 6.20 Å². The standard InChI is InChI=1S/C13H13N3O3/c1-8(17)12-10(4-3-5-11(12)19-2)16-7-6-9(15-16)13(14)18/h3-7H,1-2H3,(H2,14,18). The van der Waals surface area contributed by atoms with E-state index in [1.165, 1.54) is 24.8 Å². The molecule has 2 rings (SSSR count). The van der Waals surface area contributed by atoms with Gasteiger partial charge in [-0.1, -0.05) is 6.07 Å². The number of benzene rings is 1. The van der Waals surface area contributed by atoms with Gasteiger partial charge in [-0.2, -0.15) is 5.10 Å². The number of ether oxygens (including phenoxy) is 1. The monoisotopic (exact) mass is 259 g/mol. The lowest BCUT2D eigenvalue weighted by Gasteiger charge is -2.11. The maximum absolute atomic E-state index is 11.7. The summed E-state index contributed by atoms with van der Waals surface area (Å²) in [6.07, 6.45) is 1.57. The fourth-order valence-corrected chi connectivity index (χ4v) is 1.82. The van der Waals surface area contributed by atoms with Gasteiger partial charge in [-0.25, -0.2) is 4.68 Å². The lowest BCUT2D eigenvalue weighted by Crippen LogP contribution is -2.13. The van der Waals surface area contributed by atoms with Crippen LogP contribution in [-0.2, 0) is 0 Å². The van der Waals surface area contributed by atoms with Gasteiger partial charge in [-0.3, -0.25) is 9.59 Å². The predicted octanol–water partition coefficient (Wildman–Crippen LogP) is 1.18. The third kappa shape index (κ3) is 2.33. The van der Waals surface area contributed by atoms with Crippen molar-refractivity contribution in [2.45, 2.75) is 6.92 Å². The molecule has 0 aliphatic carbocycles. The molecule has 98 valence electrons. The molecule has 0 fully saturated rings. The lowest BCUT2D eigenvalue weighted by molar-refractivity contribution is 0.0992. The number of carbonyl (C=O) groups is 2. The van der Waals surface area contributed by atoms with Crippen molar-refractivity contribution < 1.29 is 14.3 Å². The molecule has 0 saturated heterocycles. The number of Topliss-reactive ketones (excluding diaryl/α,β-unsaturated/α-hetero) is 1. The molecule has 2 N–H and O–H groups in total. The summed E-state index contributed by atoms with van der Waals surface area (Å²) in [4.78, 5) is 22.8. The third-order valence-electron chi connectivity index (χ3n) is 2.66. The number of methoxy groups -OCH3 is 1. The van der Waals surface area contributed by atoms with Crippen LogP contribution in [0.1, 0.15) is 27.8 Å². The summed E-state index contributed by atoms with van der Waals surface area (Å²) in [6, 6.07) is 6.65. The average Bonchev–Trinajstić information content (AvgIpc) is 2.87. The zero-order chi connectivity index (χ0) is 14.0. The molecule has 0 atom stereocenters. The van der Waals surface area contributed by atoms with Crippen LogP contribution < -0.4 is 10.5 Å². The highest BCUT2D eigenvalue weighted by molar-refractivity contribution is 6.00. The van der Waals surface area contributed by atoms with Crippen molar-refractivity contribution in [1.29, 1.82) is 0 Å². The van der Waals surface area contributed by atoms with E-state index in [0.29, 0.717) is 17.0 Å². The van der Waals surface area contributed by atoms with E-state index in [0.717, 1.165) is 0 Å². The van der Waals surface area contributed by atoms with Crippen LogP contribution in [0.2, 0.25) is 0 Å². The molecule has 19 heavy (non-hydrogen) atoms. The second kappa shape index (κ2) is 4.93. The van der Waals surface area contributed by atoms with Gasteiger partial charge in [-0.05, 0) is 25.1 Å². The number of hydrogen-bond donors (Lipinski definition) is 1. The van der Waals surface area contributed by atoms with Gasteiger partial charge in [0.25, 0.3) is 5.91 Å². The zero-order valence-corrected chi connectivity index (χ0v) is 10.6. The molecule has 1 amide bonds. The van der Waals surface area contributed by atoms with E-state index < -0.39 is 5.91 Å². The van der Waals surface area contributed by atoms with Crippen LogP contribution in [0.5, 0.6) is 5.75 Å². The number of hydrogen-bond acceptors (Lipinski definition) is 4. The van der Waals surface area contributed by atoms with Crippen molar-refractivity contribution in [2.24, 2.45) is 5.73 Å². The van der Waals surface area contributed by atoms with Gasteiger partial charge in [0.05, 0.1) is 18.4 Å². The number of amides is 1. The van der Waals surface area contributed by atoms with E-state index in [9.17, 15) is 9.59 Å². The van der Waals surface area contributed by atoms with Gasteiger partial charge in [0.15, 0.2) is 5.78 Å². The number of ketones is 1. The zero-order valence-electron chi connectivity index (χ0n) is 10.6. The first-order valence-electron chi connectivity index (χ1n) is 5.58. The molecule has 1 heterocycles. The minimum absolute atomic E-state index is 0.136. The first kappa shape index (κ1) is 12.8. The molecule has 0 saturated carbocycles. The van der Waals surface area contributed by atoms with Crippen molar-refractivity contribution in [1.82, 2.24) is 9.78 Å². The minimum Gasteiger partial charge on any atom is -0.496 e. The van der Waals surface area contributed by atoms with Crippen molar-refractivity contribution in [3.63, 3.8) is 0 Å². The molecule has 0 radical (unpaired) electrons. The van der Waals surface area contributed by atoms with Crippen molar-refractivity contribution in [3.05, 3.63) is 41.7 Å². The van der Waals surface area contributed by atoms with Crippen LogP contribution >= 0.6 is 0 Å². The third-order valence-corrected chi connectivity index (χ3v) is 2.66. The van der Waals surface area contributed by atoms with Crippen LogP contribution in [0.15, 0.2) is 30.5 Å². The Balaban J connectivity index is 2.60. The molecular formula is C13H13N3O3. The highest BCUT2D eigenvalue weighted by atomic mass is 16.5. The van der Waals surface area contributed by atoms with Crippen molar-refractivity contribution >= 4 is 11.7 Å². The summed E-state index contributed by atoms with van der Waals surface area (Å²) in [6.45, 7) is 1.44. The molecule has 0 bridgehead atoms. The number of primary amides is 1. The normalized spacial score (nSPS) is 10.2. The van der Waals surface area contributed by atoms with Crippen molar-refractivity contribution in [3.8, 4) is 11.4 Å². The minimum atomic E-state index is -0.619. The summed E-state index contributed by atoms with van der Waals surface area (Å²) in [5.41, 5.74) is 6.24. The number of nitrogens with two attached hydrogens (primary N) is 1. The molecule has 0 aliphatic rings. The fraction of sp³-hybridized carbons (Fsp3) is 0.154. The molecule has 0 aliphatic heterocycles.